The molecule has 0 aromatic rings. The van der Waals surface area contributed by atoms with Gasteiger partial charge in [0.2, 0.25) is 0 Å². The zero-order valence-electron chi connectivity index (χ0n) is 56.2. The van der Waals surface area contributed by atoms with Crippen LogP contribution in [0.15, 0.2) is 122 Å². The lowest BCUT2D eigenvalue weighted by Crippen LogP contribution is -2.37. The predicted octanol–water partition coefficient (Wildman–Crippen LogP) is 22.4. The molecular weight excluding hydrogens is 1090 g/mol. The largest absolute Gasteiger partial charge is 0.756 e. The Hall–Kier alpha value is -3.59. The van der Waals surface area contributed by atoms with Crippen LogP contribution in [0.4, 0.5) is 0 Å². The maximum Gasteiger partial charge on any atom is 0.306 e. The first-order valence-electron chi connectivity index (χ1n) is 35.2. The normalized spacial score (nSPS) is 13.9. The Labute approximate surface area is 530 Å². The number of carbonyl (C=O) groups excluding carboxylic acids is 2. The van der Waals surface area contributed by atoms with E-state index in [0.29, 0.717) is 23.9 Å². The summed E-state index contributed by atoms with van der Waals surface area (Å²) in [5.41, 5.74) is 0. The first-order valence-corrected chi connectivity index (χ1v) is 36.7. The highest BCUT2D eigenvalue weighted by Crippen LogP contribution is 2.38. The summed E-state index contributed by atoms with van der Waals surface area (Å²) in [6.07, 6.45) is 94.3. The quantitative estimate of drug-likeness (QED) is 0.0195. The van der Waals surface area contributed by atoms with Crippen molar-refractivity contribution in [2.75, 3.05) is 47.5 Å². The van der Waals surface area contributed by atoms with Gasteiger partial charge in [-0.1, -0.05) is 302 Å². The van der Waals surface area contributed by atoms with Gasteiger partial charge in [0.15, 0.2) is 6.10 Å². The van der Waals surface area contributed by atoms with Gasteiger partial charge in [0.05, 0.1) is 27.7 Å². The first-order chi connectivity index (χ1) is 42.0. The van der Waals surface area contributed by atoms with Gasteiger partial charge in [0, 0.05) is 12.8 Å². The molecule has 0 bridgehead atoms. The van der Waals surface area contributed by atoms with Gasteiger partial charge in [-0.15, -0.1) is 0 Å². The molecule has 494 valence electrons. The van der Waals surface area contributed by atoms with E-state index in [1.165, 1.54) is 148 Å². The standard InChI is InChI=1S/C76H132NO8P/c1-6-8-10-12-14-16-18-20-22-24-26-28-30-31-32-33-34-35-36-37-38-39-40-41-42-43-44-45-47-49-51-53-55-57-59-61-63-65-67-69-76(79)85-74(73-84-86(80,81)83-71-70-77(3,4)5)72-82-75(78)68-66-64-62-60-58-56-54-52-50-48-46-29-27-25-23-21-19-17-15-13-11-9-7-2/h8-11,14-17,20-23,26-29,31-32,48,50,74H,6-7,12-13,18-19,24-25,30,33-47,49,51-73H2,1-5H3/b10-8-,11-9-,16-14-,17-15-,22-20-,23-21-,28-26-,29-27-,32-31-,50-48-. The predicted molar refractivity (Wildman–Crippen MR) is 369 cm³/mol. The maximum atomic E-state index is 12.9. The van der Waals surface area contributed by atoms with Gasteiger partial charge in [0.1, 0.15) is 19.8 Å². The smallest absolute Gasteiger partial charge is 0.306 e. The molecule has 0 saturated heterocycles. The van der Waals surface area contributed by atoms with Gasteiger partial charge >= 0.3 is 11.9 Å². The van der Waals surface area contributed by atoms with Crippen LogP contribution in [0.3, 0.4) is 0 Å². The van der Waals surface area contributed by atoms with Crippen molar-refractivity contribution in [3.8, 4) is 0 Å². The van der Waals surface area contributed by atoms with E-state index < -0.39 is 32.5 Å². The van der Waals surface area contributed by atoms with E-state index in [2.05, 4.69) is 135 Å². The fourth-order valence-corrected chi connectivity index (χ4v) is 10.4. The second-order valence-electron chi connectivity index (χ2n) is 24.5. The molecular formula is C76H132NO8P. The lowest BCUT2D eigenvalue weighted by Gasteiger charge is -2.28. The van der Waals surface area contributed by atoms with Gasteiger partial charge in [-0.3, -0.25) is 14.2 Å². The number of allylic oxidation sites excluding steroid dienone is 20. The number of likely N-dealkylation sites (N-methyl/N-ethyl adjacent to an activating group) is 1. The minimum atomic E-state index is -4.65. The molecule has 9 nitrogen and oxygen atoms in total. The van der Waals surface area contributed by atoms with Crippen LogP contribution in [-0.2, 0) is 32.7 Å². The lowest BCUT2D eigenvalue weighted by atomic mass is 10.0. The molecule has 0 rings (SSSR count). The number of rotatable bonds is 64. The van der Waals surface area contributed by atoms with E-state index in [9.17, 15) is 19.0 Å². The molecule has 10 heteroatoms. The van der Waals surface area contributed by atoms with E-state index >= 15 is 0 Å². The van der Waals surface area contributed by atoms with Crippen molar-refractivity contribution in [2.45, 2.75) is 302 Å². The van der Waals surface area contributed by atoms with Gasteiger partial charge in [-0.05, 0) is 103 Å². The lowest BCUT2D eigenvalue weighted by molar-refractivity contribution is -0.870. The van der Waals surface area contributed by atoms with Crippen molar-refractivity contribution in [3.63, 3.8) is 0 Å². The highest BCUT2D eigenvalue weighted by Gasteiger charge is 2.22. The Bertz CT molecular complexity index is 1870. The Morgan fingerprint density at radius 2 is 0.628 bits per heavy atom. The SMILES string of the molecule is CC/C=C\C/C=C\C/C=C\C/C=C\C/C=C\CCCCCCCCCCCCCCCCCCCCCCCCCC(=O)OC(COC(=O)CCCCCCCCC/C=C\C/C=C\C/C=C\C/C=C\C/C=C\CC)COP(=O)([O-])OCC[N+](C)(C)C. The van der Waals surface area contributed by atoms with E-state index in [-0.39, 0.29) is 26.1 Å². The molecule has 0 aromatic carbocycles. The maximum absolute atomic E-state index is 12.9. The summed E-state index contributed by atoms with van der Waals surface area (Å²) in [7, 11) is 1.16. The molecule has 86 heavy (non-hydrogen) atoms. The van der Waals surface area contributed by atoms with Gasteiger partial charge < -0.3 is 27.9 Å². The third kappa shape index (κ3) is 69.5. The molecule has 0 aromatic heterocycles. The number of esters is 2. The third-order valence-electron chi connectivity index (χ3n) is 15.0. The fourth-order valence-electron chi connectivity index (χ4n) is 9.65. The van der Waals surface area contributed by atoms with Crippen LogP contribution in [0.1, 0.15) is 296 Å². The zero-order valence-corrected chi connectivity index (χ0v) is 57.1. The highest BCUT2D eigenvalue weighted by molar-refractivity contribution is 7.45. The van der Waals surface area contributed by atoms with Crippen LogP contribution in [0.25, 0.3) is 0 Å². The minimum Gasteiger partial charge on any atom is -0.756 e. The average molecular weight is 1220 g/mol. The summed E-state index contributed by atoms with van der Waals surface area (Å²) in [6, 6.07) is 0. The molecule has 0 radical (unpaired) electrons. The van der Waals surface area contributed by atoms with Crippen molar-refractivity contribution in [2.24, 2.45) is 0 Å². The summed E-state index contributed by atoms with van der Waals surface area (Å²) < 4.78 is 34.3. The molecule has 0 aliphatic heterocycles. The minimum absolute atomic E-state index is 0.0363. The summed E-state index contributed by atoms with van der Waals surface area (Å²) in [6.45, 7) is 4.02. The zero-order chi connectivity index (χ0) is 62.6. The Morgan fingerprint density at radius 3 is 0.930 bits per heavy atom. The molecule has 0 heterocycles. The molecule has 0 fully saturated rings. The Morgan fingerprint density at radius 1 is 0.360 bits per heavy atom. The number of nitrogens with zero attached hydrogens (tertiary/aromatic N) is 1. The van der Waals surface area contributed by atoms with Gasteiger partial charge in [0.25, 0.3) is 7.82 Å². The summed E-state index contributed by atoms with van der Waals surface area (Å²) >= 11 is 0. The molecule has 2 unspecified atom stereocenters. The Balaban J connectivity index is 3.99. The number of hydrogen-bond donors (Lipinski definition) is 0. The van der Waals surface area contributed by atoms with Gasteiger partial charge in [-0.2, -0.15) is 0 Å². The fraction of sp³-hybridized carbons (Fsp3) is 0.711. The number of unbranched alkanes of at least 4 members (excludes halogenated alkanes) is 30. The van der Waals surface area contributed by atoms with Crippen molar-refractivity contribution in [1.82, 2.24) is 0 Å². The summed E-state index contributed by atoms with van der Waals surface area (Å²) in [5.74, 6) is -0.841. The molecule has 0 aliphatic carbocycles. The van der Waals surface area contributed by atoms with E-state index in [0.717, 1.165) is 109 Å². The first kappa shape index (κ1) is 82.4. The van der Waals surface area contributed by atoms with Crippen LogP contribution in [-0.4, -0.2) is 70.0 Å². The monoisotopic (exact) mass is 1220 g/mol. The molecule has 0 N–H and O–H groups in total. The summed E-state index contributed by atoms with van der Waals surface area (Å²) in [4.78, 5) is 38.0. The van der Waals surface area contributed by atoms with Crippen molar-refractivity contribution < 1.29 is 42.1 Å². The van der Waals surface area contributed by atoms with E-state index in [1.54, 1.807) is 0 Å². The number of quaternary nitrogens is 1. The third-order valence-corrected chi connectivity index (χ3v) is 15.9. The van der Waals surface area contributed by atoms with Crippen LogP contribution >= 0.6 is 7.82 Å². The average Bonchev–Trinajstić information content (AvgIpc) is 3.56. The molecule has 0 aliphatic rings. The van der Waals surface area contributed by atoms with Crippen LogP contribution < -0.4 is 4.89 Å². The van der Waals surface area contributed by atoms with Crippen LogP contribution in [0.2, 0.25) is 0 Å². The number of phosphoric ester groups is 1. The van der Waals surface area contributed by atoms with E-state index in [4.69, 9.17) is 18.5 Å². The second-order valence-corrected chi connectivity index (χ2v) is 25.9. The van der Waals surface area contributed by atoms with Crippen LogP contribution in [0, 0.1) is 0 Å². The highest BCUT2D eigenvalue weighted by atomic mass is 31.2. The van der Waals surface area contributed by atoms with Crippen molar-refractivity contribution in [1.29, 1.82) is 0 Å². The van der Waals surface area contributed by atoms with E-state index in [1.807, 2.05) is 21.1 Å². The molecule has 0 saturated carbocycles. The van der Waals surface area contributed by atoms with Gasteiger partial charge in [-0.25, -0.2) is 0 Å². The number of carbonyl (C=O) groups is 2. The molecule has 2 atom stereocenters. The molecule has 0 amide bonds. The summed E-state index contributed by atoms with van der Waals surface area (Å²) in [5, 5.41) is 0. The number of ether oxygens (including phenoxy) is 2. The molecule has 0 spiro atoms. The van der Waals surface area contributed by atoms with Crippen molar-refractivity contribution in [3.05, 3.63) is 122 Å². The number of phosphoric acid groups is 1. The number of hydrogen-bond acceptors (Lipinski definition) is 8. The van der Waals surface area contributed by atoms with Crippen molar-refractivity contribution >= 4 is 19.8 Å². The van der Waals surface area contributed by atoms with Crippen LogP contribution in [0.5, 0.6) is 0 Å². The second kappa shape index (κ2) is 65.8. The Kier molecular flexibility index (Phi) is 63.1. The topological polar surface area (TPSA) is 111 Å².